The Morgan fingerprint density at radius 2 is 2.38 bits per heavy atom. The van der Waals surface area contributed by atoms with Crippen LogP contribution >= 0.6 is 0 Å². The third-order valence-corrected chi connectivity index (χ3v) is 2.34. The summed E-state index contributed by atoms with van der Waals surface area (Å²) in [6.45, 7) is 4.19. The quantitative estimate of drug-likeness (QED) is 0.597. The Morgan fingerprint density at radius 3 is 2.92 bits per heavy atom. The second-order valence-corrected chi connectivity index (χ2v) is 3.63. The highest BCUT2D eigenvalue weighted by atomic mass is 16.1. The van der Waals surface area contributed by atoms with E-state index in [0.29, 0.717) is 18.9 Å². The van der Waals surface area contributed by atoms with Gasteiger partial charge in [0.2, 0.25) is 5.91 Å². The minimum atomic E-state index is 0.0796. The van der Waals surface area contributed by atoms with Crippen LogP contribution in [0.5, 0.6) is 0 Å². The van der Waals surface area contributed by atoms with E-state index >= 15 is 0 Å². The summed E-state index contributed by atoms with van der Waals surface area (Å²) in [7, 11) is 0. The van der Waals surface area contributed by atoms with Crippen LogP contribution in [0.2, 0.25) is 0 Å². The molecule has 3 nitrogen and oxygen atoms in total. The molecule has 1 unspecified atom stereocenters. The lowest BCUT2D eigenvalue weighted by atomic mass is 10.2. The number of hydrogen-bond donors (Lipinski definition) is 2. The van der Waals surface area contributed by atoms with Crippen molar-refractivity contribution in [2.75, 3.05) is 6.54 Å². The average Bonchev–Trinajstić information content (AvgIpc) is 2.93. The van der Waals surface area contributed by atoms with Crippen LogP contribution in [0.3, 0.4) is 0 Å². The molecule has 1 amide bonds. The number of carbonyl (C=O) groups is 1. The van der Waals surface area contributed by atoms with Gasteiger partial charge < -0.3 is 11.1 Å². The van der Waals surface area contributed by atoms with E-state index in [2.05, 4.69) is 11.9 Å². The Morgan fingerprint density at radius 1 is 1.69 bits per heavy atom. The Kier molecular flexibility index (Phi) is 3.96. The smallest absolute Gasteiger partial charge is 0.220 e. The van der Waals surface area contributed by atoms with Gasteiger partial charge in [0, 0.05) is 19.0 Å². The van der Waals surface area contributed by atoms with Crippen molar-refractivity contribution in [2.24, 2.45) is 11.7 Å². The predicted molar refractivity (Wildman–Crippen MR) is 53.1 cm³/mol. The zero-order valence-electron chi connectivity index (χ0n) is 7.96. The number of hydrogen-bond acceptors (Lipinski definition) is 2. The maximum Gasteiger partial charge on any atom is 0.220 e. The second-order valence-electron chi connectivity index (χ2n) is 3.63. The lowest BCUT2D eigenvalue weighted by molar-refractivity contribution is -0.121. The highest BCUT2D eigenvalue weighted by Crippen LogP contribution is 2.31. The third kappa shape index (κ3) is 4.08. The first-order chi connectivity index (χ1) is 6.24. The number of allylic oxidation sites excluding steroid dienone is 1. The van der Waals surface area contributed by atoms with E-state index in [4.69, 9.17) is 5.73 Å². The van der Waals surface area contributed by atoms with Crippen LogP contribution in [-0.4, -0.2) is 18.5 Å². The summed E-state index contributed by atoms with van der Waals surface area (Å²) in [6, 6.07) is 0.160. The molecule has 1 fully saturated rings. The maximum atomic E-state index is 11.1. The summed E-state index contributed by atoms with van der Waals surface area (Å²) in [4.78, 5) is 11.1. The van der Waals surface area contributed by atoms with Crippen LogP contribution in [-0.2, 0) is 4.79 Å². The third-order valence-electron chi connectivity index (χ3n) is 2.34. The predicted octanol–water partition coefficient (Wildman–Crippen LogP) is 0.806. The zero-order chi connectivity index (χ0) is 9.68. The van der Waals surface area contributed by atoms with Crippen LogP contribution in [0, 0.1) is 5.92 Å². The van der Waals surface area contributed by atoms with E-state index in [-0.39, 0.29) is 11.9 Å². The number of nitrogens with one attached hydrogen (secondary N) is 1. The number of carbonyl (C=O) groups excluding carboxylic acids is 1. The molecule has 0 spiro atoms. The van der Waals surface area contributed by atoms with E-state index in [1.54, 1.807) is 6.08 Å². The maximum absolute atomic E-state index is 11.1. The van der Waals surface area contributed by atoms with Crippen molar-refractivity contribution < 1.29 is 4.79 Å². The lowest BCUT2D eigenvalue weighted by Gasteiger charge is -2.10. The van der Waals surface area contributed by atoms with Crippen LogP contribution in [0.1, 0.15) is 25.7 Å². The Hall–Kier alpha value is -0.830. The van der Waals surface area contributed by atoms with E-state index < -0.39 is 0 Å². The molecule has 1 rings (SSSR count). The molecule has 0 aromatic carbocycles. The molecule has 0 saturated heterocycles. The minimum absolute atomic E-state index is 0.0796. The van der Waals surface area contributed by atoms with Crippen molar-refractivity contribution in [3.05, 3.63) is 12.7 Å². The molecule has 0 heterocycles. The highest BCUT2D eigenvalue weighted by Gasteiger charge is 2.28. The molecule has 3 N–H and O–H groups in total. The molecule has 74 valence electrons. The fourth-order valence-corrected chi connectivity index (χ4v) is 1.24. The summed E-state index contributed by atoms with van der Waals surface area (Å²) in [5, 5.41) is 2.83. The lowest BCUT2D eigenvalue weighted by Crippen LogP contribution is -2.38. The van der Waals surface area contributed by atoms with Gasteiger partial charge in [-0.15, -0.1) is 6.58 Å². The first kappa shape index (κ1) is 10.3. The van der Waals surface area contributed by atoms with Gasteiger partial charge in [-0.1, -0.05) is 6.08 Å². The molecule has 0 aromatic rings. The summed E-state index contributed by atoms with van der Waals surface area (Å²) in [6.07, 6.45) is 5.47. The fourth-order valence-electron chi connectivity index (χ4n) is 1.24. The van der Waals surface area contributed by atoms with Crippen molar-refractivity contribution in [3.63, 3.8) is 0 Å². The van der Waals surface area contributed by atoms with E-state index in [9.17, 15) is 4.79 Å². The van der Waals surface area contributed by atoms with Crippen molar-refractivity contribution in [2.45, 2.75) is 31.7 Å². The molecule has 0 aromatic heterocycles. The average molecular weight is 182 g/mol. The molecular weight excluding hydrogens is 164 g/mol. The first-order valence-corrected chi connectivity index (χ1v) is 4.87. The summed E-state index contributed by atoms with van der Waals surface area (Å²) in [5.74, 6) is 0.732. The van der Waals surface area contributed by atoms with Crippen LogP contribution < -0.4 is 11.1 Å². The van der Waals surface area contributed by atoms with Gasteiger partial charge in [-0.2, -0.15) is 0 Å². The highest BCUT2D eigenvalue weighted by molar-refractivity contribution is 5.76. The van der Waals surface area contributed by atoms with Crippen molar-refractivity contribution in [1.82, 2.24) is 5.32 Å². The Balaban J connectivity index is 2.03. The van der Waals surface area contributed by atoms with Gasteiger partial charge in [-0.25, -0.2) is 0 Å². The van der Waals surface area contributed by atoms with Gasteiger partial charge in [0.15, 0.2) is 0 Å². The monoisotopic (exact) mass is 182 g/mol. The molecule has 13 heavy (non-hydrogen) atoms. The fraction of sp³-hybridized carbons (Fsp3) is 0.700. The molecule has 0 radical (unpaired) electrons. The molecule has 0 bridgehead atoms. The van der Waals surface area contributed by atoms with Crippen molar-refractivity contribution >= 4 is 5.91 Å². The molecular formula is C10H18N2O. The summed E-state index contributed by atoms with van der Waals surface area (Å²) < 4.78 is 0. The first-order valence-electron chi connectivity index (χ1n) is 4.87. The molecule has 0 aliphatic heterocycles. The molecule has 3 heteroatoms. The zero-order valence-corrected chi connectivity index (χ0v) is 7.96. The number of nitrogens with two attached hydrogens (primary N) is 1. The Labute approximate surface area is 79.4 Å². The number of amides is 1. The normalized spacial score (nSPS) is 17.9. The van der Waals surface area contributed by atoms with E-state index in [1.165, 1.54) is 12.8 Å². The van der Waals surface area contributed by atoms with Gasteiger partial charge in [0.05, 0.1) is 0 Å². The summed E-state index contributed by atoms with van der Waals surface area (Å²) in [5.41, 5.74) is 5.82. The van der Waals surface area contributed by atoms with Gasteiger partial charge in [0.1, 0.15) is 0 Å². The van der Waals surface area contributed by atoms with Crippen molar-refractivity contribution in [3.8, 4) is 0 Å². The molecule has 1 saturated carbocycles. The van der Waals surface area contributed by atoms with E-state index in [1.807, 2.05) is 0 Å². The number of rotatable bonds is 6. The minimum Gasteiger partial charge on any atom is -0.355 e. The van der Waals surface area contributed by atoms with Gasteiger partial charge in [0.25, 0.3) is 0 Å². The van der Waals surface area contributed by atoms with Gasteiger partial charge >= 0.3 is 0 Å². The molecule has 1 aliphatic carbocycles. The topological polar surface area (TPSA) is 55.1 Å². The molecule has 1 atom stereocenters. The van der Waals surface area contributed by atoms with E-state index in [0.717, 1.165) is 6.42 Å². The molecule has 1 aliphatic rings. The van der Waals surface area contributed by atoms with Gasteiger partial charge in [-0.05, 0) is 25.2 Å². The second kappa shape index (κ2) is 5.02. The largest absolute Gasteiger partial charge is 0.355 e. The standard InChI is InChI=1S/C10H18N2O/c1-2-3-4-10(13)12-7-9(11)8-5-6-8/h2,8-9H,1,3-7,11H2,(H,12,13). The van der Waals surface area contributed by atoms with Crippen LogP contribution in [0.25, 0.3) is 0 Å². The van der Waals surface area contributed by atoms with Crippen LogP contribution in [0.15, 0.2) is 12.7 Å². The SMILES string of the molecule is C=CCCC(=O)NCC(N)C1CC1. The summed E-state index contributed by atoms with van der Waals surface area (Å²) >= 11 is 0. The van der Waals surface area contributed by atoms with Crippen LogP contribution in [0.4, 0.5) is 0 Å². The Bertz CT molecular complexity index is 187. The van der Waals surface area contributed by atoms with Gasteiger partial charge in [-0.3, -0.25) is 4.79 Å². The van der Waals surface area contributed by atoms with Crippen molar-refractivity contribution in [1.29, 1.82) is 0 Å².